The van der Waals surface area contributed by atoms with Crippen LogP contribution in [0.4, 0.5) is 0 Å². The standard InChI is InChI=1S/C13H17NS2/c14-8-3-4-11-7-9-15-13(11)10-16-12-5-1-2-6-12/h7,9,12H,1-2,5-6,8,10,14H2. The lowest BCUT2D eigenvalue weighted by Gasteiger charge is -2.07. The second kappa shape index (κ2) is 6.34. The van der Waals surface area contributed by atoms with Gasteiger partial charge < -0.3 is 5.73 Å². The number of thiophene rings is 1. The summed E-state index contributed by atoms with van der Waals surface area (Å²) in [5.41, 5.74) is 6.57. The van der Waals surface area contributed by atoms with Crippen LogP contribution in [0.15, 0.2) is 11.4 Å². The van der Waals surface area contributed by atoms with Gasteiger partial charge in [0.05, 0.1) is 6.54 Å². The Balaban J connectivity index is 1.90. The van der Waals surface area contributed by atoms with Crippen LogP contribution in [-0.2, 0) is 5.75 Å². The van der Waals surface area contributed by atoms with E-state index in [9.17, 15) is 0 Å². The van der Waals surface area contributed by atoms with Gasteiger partial charge in [-0.1, -0.05) is 24.7 Å². The maximum Gasteiger partial charge on any atom is 0.0555 e. The van der Waals surface area contributed by atoms with Gasteiger partial charge in [0.15, 0.2) is 0 Å². The minimum absolute atomic E-state index is 0.449. The van der Waals surface area contributed by atoms with Crippen LogP contribution in [0, 0.1) is 11.8 Å². The van der Waals surface area contributed by atoms with Crippen molar-refractivity contribution in [3.8, 4) is 11.8 Å². The number of thioether (sulfide) groups is 1. The zero-order valence-corrected chi connectivity index (χ0v) is 11.0. The highest BCUT2D eigenvalue weighted by Crippen LogP contribution is 2.33. The van der Waals surface area contributed by atoms with Gasteiger partial charge in [-0.05, 0) is 24.3 Å². The van der Waals surface area contributed by atoms with Crippen LogP contribution < -0.4 is 5.73 Å². The minimum atomic E-state index is 0.449. The van der Waals surface area contributed by atoms with E-state index in [1.165, 1.54) is 36.1 Å². The highest BCUT2D eigenvalue weighted by molar-refractivity contribution is 7.99. The van der Waals surface area contributed by atoms with Crippen molar-refractivity contribution in [3.05, 3.63) is 21.9 Å². The fourth-order valence-electron chi connectivity index (χ4n) is 1.96. The van der Waals surface area contributed by atoms with Crippen LogP contribution in [0.2, 0.25) is 0 Å². The molecule has 0 bridgehead atoms. The molecule has 0 amide bonds. The molecule has 1 heterocycles. The first-order valence-electron chi connectivity index (χ1n) is 5.77. The summed E-state index contributed by atoms with van der Waals surface area (Å²) >= 11 is 3.92. The number of nitrogens with two attached hydrogens (primary N) is 1. The molecular weight excluding hydrogens is 234 g/mol. The number of hydrogen-bond donors (Lipinski definition) is 1. The van der Waals surface area contributed by atoms with Crippen LogP contribution in [0.1, 0.15) is 36.1 Å². The summed E-state index contributed by atoms with van der Waals surface area (Å²) in [6.45, 7) is 0.449. The van der Waals surface area contributed by atoms with Crippen molar-refractivity contribution in [1.29, 1.82) is 0 Å². The average Bonchev–Trinajstić information content (AvgIpc) is 2.94. The second-order valence-electron chi connectivity index (χ2n) is 3.98. The van der Waals surface area contributed by atoms with E-state index in [1.54, 1.807) is 0 Å². The molecule has 0 aromatic carbocycles. The third-order valence-electron chi connectivity index (χ3n) is 2.82. The highest BCUT2D eigenvalue weighted by Gasteiger charge is 2.15. The summed E-state index contributed by atoms with van der Waals surface area (Å²) in [6.07, 6.45) is 5.64. The quantitative estimate of drug-likeness (QED) is 0.835. The van der Waals surface area contributed by atoms with E-state index in [4.69, 9.17) is 5.73 Å². The van der Waals surface area contributed by atoms with E-state index < -0.39 is 0 Å². The molecule has 1 saturated carbocycles. The molecule has 86 valence electrons. The Morgan fingerprint density at radius 2 is 2.25 bits per heavy atom. The topological polar surface area (TPSA) is 26.0 Å². The Morgan fingerprint density at radius 1 is 1.44 bits per heavy atom. The normalized spacial score (nSPS) is 16.1. The molecule has 1 aliphatic rings. The average molecular weight is 251 g/mol. The minimum Gasteiger partial charge on any atom is -0.320 e. The van der Waals surface area contributed by atoms with Crippen molar-refractivity contribution in [2.75, 3.05) is 6.54 Å². The number of hydrogen-bond acceptors (Lipinski definition) is 3. The zero-order valence-electron chi connectivity index (χ0n) is 9.37. The van der Waals surface area contributed by atoms with Gasteiger partial charge in [-0.25, -0.2) is 0 Å². The molecule has 1 aromatic heterocycles. The molecule has 1 aliphatic carbocycles. The molecule has 0 atom stereocenters. The molecule has 1 aromatic rings. The first-order chi connectivity index (χ1) is 7.90. The van der Waals surface area contributed by atoms with Crippen LogP contribution in [0.5, 0.6) is 0 Å². The molecule has 0 aliphatic heterocycles. The van der Waals surface area contributed by atoms with Crippen molar-refractivity contribution in [2.45, 2.75) is 36.7 Å². The highest BCUT2D eigenvalue weighted by atomic mass is 32.2. The van der Waals surface area contributed by atoms with Crippen LogP contribution in [0.25, 0.3) is 0 Å². The molecule has 0 unspecified atom stereocenters. The van der Waals surface area contributed by atoms with Gasteiger partial charge in [-0.15, -0.1) is 11.3 Å². The molecular formula is C13H17NS2. The number of rotatable bonds is 3. The van der Waals surface area contributed by atoms with Crippen LogP contribution in [0.3, 0.4) is 0 Å². The Labute approximate surface area is 106 Å². The van der Waals surface area contributed by atoms with E-state index in [-0.39, 0.29) is 0 Å². The zero-order chi connectivity index (χ0) is 11.2. The Hall–Kier alpha value is -0.430. The molecule has 1 fully saturated rings. The molecule has 0 radical (unpaired) electrons. The summed E-state index contributed by atoms with van der Waals surface area (Å²) in [5.74, 6) is 7.21. The third-order valence-corrected chi connectivity index (χ3v) is 5.32. The Bertz CT molecular complexity index is 380. The van der Waals surface area contributed by atoms with Crippen molar-refractivity contribution in [2.24, 2.45) is 5.73 Å². The summed E-state index contributed by atoms with van der Waals surface area (Å²) in [7, 11) is 0. The summed E-state index contributed by atoms with van der Waals surface area (Å²) in [4.78, 5) is 1.41. The van der Waals surface area contributed by atoms with Crippen molar-refractivity contribution < 1.29 is 0 Å². The predicted octanol–water partition coefficient (Wildman–Crippen LogP) is 3.23. The lowest BCUT2D eigenvalue weighted by Crippen LogP contribution is -1.95. The maximum absolute atomic E-state index is 5.39. The van der Waals surface area contributed by atoms with Crippen LogP contribution in [-0.4, -0.2) is 11.8 Å². The summed E-state index contributed by atoms with van der Waals surface area (Å²) in [6, 6.07) is 2.11. The lowest BCUT2D eigenvalue weighted by atomic mass is 10.3. The van der Waals surface area contributed by atoms with Gasteiger partial charge in [-0.3, -0.25) is 0 Å². The summed E-state index contributed by atoms with van der Waals surface area (Å²) < 4.78 is 0. The Kier molecular flexibility index (Phi) is 4.77. The predicted molar refractivity (Wildman–Crippen MR) is 73.8 cm³/mol. The maximum atomic E-state index is 5.39. The summed E-state index contributed by atoms with van der Waals surface area (Å²) in [5, 5.41) is 3.02. The van der Waals surface area contributed by atoms with E-state index in [0.717, 1.165) is 11.0 Å². The van der Waals surface area contributed by atoms with Gasteiger partial charge in [0.2, 0.25) is 0 Å². The monoisotopic (exact) mass is 251 g/mol. The van der Waals surface area contributed by atoms with E-state index >= 15 is 0 Å². The molecule has 2 rings (SSSR count). The molecule has 2 N–H and O–H groups in total. The fourth-order valence-corrected chi connectivity index (χ4v) is 4.26. The van der Waals surface area contributed by atoms with Gasteiger partial charge in [-0.2, -0.15) is 11.8 Å². The van der Waals surface area contributed by atoms with Gasteiger partial charge in [0.1, 0.15) is 0 Å². The SMILES string of the molecule is NCC#Cc1ccsc1CSC1CCCC1. The van der Waals surface area contributed by atoms with Gasteiger partial charge in [0, 0.05) is 21.4 Å². The molecule has 3 heteroatoms. The van der Waals surface area contributed by atoms with Crippen molar-refractivity contribution >= 4 is 23.1 Å². The lowest BCUT2D eigenvalue weighted by molar-refractivity contribution is 0.886. The van der Waals surface area contributed by atoms with Gasteiger partial charge >= 0.3 is 0 Å². The van der Waals surface area contributed by atoms with E-state index in [1.807, 2.05) is 11.3 Å². The smallest absolute Gasteiger partial charge is 0.0555 e. The second-order valence-corrected chi connectivity index (χ2v) is 6.27. The van der Waals surface area contributed by atoms with E-state index in [2.05, 4.69) is 35.0 Å². The Morgan fingerprint density at radius 3 is 3.00 bits per heavy atom. The van der Waals surface area contributed by atoms with Crippen LogP contribution >= 0.6 is 23.1 Å². The van der Waals surface area contributed by atoms with E-state index in [0.29, 0.717) is 6.54 Å². The molecule has 0 saturated heterocycles. The largest absolute Gasteiger partial charge is 0.320 e. The first kappa shape index (κ1) is 12.0. The molecule has 1 nitrogen and oxygen atoms in total. The molecule has 0 spiro atoms. The first-order valence-corrected chi connectivity index (χ1v) is 7.70. The van der Waals surface area contributed by atoms with Gasteiger partial charge in [0.25, 0.3) is 0 Å². The van der Waals surface area contributed by atoms with Crippen molar-refractivity contribution in [1.82, 2.24) is 0 Å². The third kappa shape index (κ3) is 3.28. The molecule has 16 heavy (non-hydrogen) atoms. The fraction of sp³-hybridized carbons (Fsp3) is 0.538. The van der Waals surface area contributed by atoms with Crippen molar-refractivity contribution in [3.63, 3.8) is 0 Å².